The molecule has 1 aliphatic heterocycles. The first-order valence-corrected chi connectivity index (χ1v) is 7.07. The maximum Gasteiger partial charge on any atom is 0.257 e. The summed E-state index contributed by atoms with van der Waals surface area (Å²) >= 11 is 3.23. The second-order valence-electron chi connectivity index (χ2n) is 4.78. The number of amides is 1. The molecule has 1 aromatic carbocycles. The van der Waals surface area contributed by atoms with E-state index in [-0.39, 0.29) is 29.0 Å². The Bertz CT molecular complexity index is 548. The Morgan fingerprint density at radius 3 is 2.90 bits per heavy atom. The number of carbonyl (C=O) groups is 1. The Morgan fingerprint density at radius 1 is 1.50 bits per heavy atom. The topological polar surface area (TPSA) is 99.2 Å². The van der Waals surface area contributed by atoms with Gasteiger partial charge in [-0.05, 0) is 31.0 Å². The Balaban J connectivity index is 2.16. The number of aromatic hydroxyl groups is 1. The summed E-state index contributed by atoms with van der Waals surface area (Å²) in [5.74, 6) is -0.307. The van der Waals surface area contributed by atoms with Crippen LogP contribution in [0.5, 0.6) is 5.75 Å². The molecule has 1 aliphatic rings. The summed E-state index contributed by atoms with van der Waals surface area (Å²) in [5, 5.41) is 21.6. The Hall–Kier alpha value is -1.76. The number of hydrogen-bond donors (Lipinski definition) is 3. The van der Waals surface area contributed by atoms with Gasteiger partial charge in [-0.1, -0.05) is 21.1 Å². The van der Waals surface area contributed by atoms with Crippen molar-refractivity contribution in [2.45, 2.75) is 12.8 Å². The molecule has 108 valence electrons. The van der Waals surface area contributed by atoms with Crippen molar-refractivity contribution in [3.05, 3.63) is 28.2 Å². The van der Waals surface area contributed by atoms with E-state index in [0.29, 0.717) is 17.6 Å². The number of phenolic OH excluding ortho intramolecular Hbond substituents is 1. The highest BCUT2D eigenvalue weighted by Crippen LogP contribution is 2.25. The van der Waals surface area contributed by atoms with Crippen molar-refractivity contribution in [1.29, 1.82) is 0 Å². The third kappa shape index (κ3) is 3.04. The fraction of sp³-hybridized carbons (Fsp3) is 0.385. The van der Waals surface area contributed by atoms with Crippen LogP contribution in [-0.4, -0.2) is 40.0 Å². The van der Waals surface area contributed by atoms with E-state index in [1.165, 1.54) is 6.07 Å². The van der Waals surface area contributed by atoms with Crippen molar-refractivity contribution in [3.8, 4) is 5.75 Å². The average Bonchev–Trinajstić information content (AvgIpc) is 2.46. The summed E-state index contributed by atoms with van der Waals surface area (Å²) in [6.07, 6.45) is 1.57. The van der Waals surface area contributed by atoms with Crippen molar-refractivity contribution in [1.82, 2.24) is 4.90 Å². The molecule has 1 atom stereocenters. The van der Waals surface area contributed by atoms with Gasteiger partial charge in [0.15, 0.2) is 0 Å². The van der Waals surface area contributed by atoms with E-state index >= 15 is 0 Å². The first kappa shape index (κ1) is 14.6. The van der Waals surface area contributed by atoms with Gasteiger partial charge < -0.3 is 20.9 Å². The second-order valence-corrected chi connectivity index (χ2v) is 5.69. The summed E-state index contributed by atoms with van der Waals surface area (Å²) in [6.45, 7) is 0.994. The number of benzene rings is 1. The summed E-state index contributed by atoms with van der Waals surface area (Å²) in [4.78, 5) is 14.0. The van der Waals surface area contributed by atoms with E-state index in [0.717, 1.165) is 12.8 Å². The number of piperidine rings is 1. The van der Waals surface area contributed by atoms with E-state index in [4.69, 9.17) is 10.9 Å². The number of phenols is 1. The largest absolute Gasteiger partial charge is 0.507 e. The molecule has 0 radical (unpaired) electrons. The number of halogens is 1. The van der Waals surface area contributed by atoms with E-state index < -0.39 is 0 Å². The van der Waals surface area contributed by atoms with Gasteiger partial charge in [0, 0.05) is 23.5 Å². The quantitative estimate of drug-likeness (QED) is 0.330. The fourth-order valence-corrected chi connectivity index (χ4v) is 2.69. The Kier molecular flexibility index (Phi) is 4.49. The molecule has 1 fully saturated rings. The molecule has 4 N–H and O–H groups in total. The minimum Gasteiger partial charge on any atom is -0.507 e. The average molecular weight is 342 g/mol. The molecule has 1 aromatic rings. The zero-order valence-electron chi connectivity index (χ0n) is 10.8. The normalized spacial score (nSPS) is 19.9. The van der Waals surface area contributed by atoms with Gasteiger partial charge in [0.25, 0.3) is 5.91 Å². The van der Waals surface area contributed by atoms with Crippen LogP contribution in [0, 0.1) is 5.92 Å². The summed E-state index contributed by atoms with van der Waals surface area (Å²) in [6, 6.07) is 4.77. The van der Waals surface area contributed by atoms with Gasteiger partial charge >= 0.3 is 0 Å². The van der Waals surface area contributed by atoms with Crippen LogP contribution in [0.4, 0.5) is 0 Å². The fourth-order valence-electron chi connectivity index (χ4n) is 2.34. The molecule has 20 heavy (non-hydrogen) atoms. The minimum atomic E-state index is -0.245. The van der Waals surface area contributed by atoms with Crippen molar-refractivity contribution in [3.63, 3.8) is 0 Å². The van der Waals surface area contributed by atoms with Crippen LogP contribution >= 0.6 is 15.9 Å². The molecular weight excluding hydrogens is 326 g/mol. The molecular formula is C13H16BrN3O3. The monoisotopic (exact) mass is 341 g/mol. The lowest BCUT2D eigenvalue weighted by atomic mass is 9.96. The maximum atomic E-state index is 12.4. The molecule has 0 aliphatic carbocycles. The highest BCUT2D eigenvalue weighted by molar-refractivity contribution is 9.10. The number of carbonyl (C=O) groups excluding carboxylic acids is 1. The summed E-state index contributed by atoms with van der Waals surface area (Å²) in [7, 11) is 0. The van der Waals surface area contributed by atoms with Crippen LogP contribution in [0.2, 0.25) is 0 Å². The molecule has 6 nitrogen and oxygen atoms in total. The predicted octanol–water partition coefficient (Wildman–Crippen LogP) is 1.75. The number of nitrogens with two attached hydrogens (primary N) is 1. The van der Waals surface area contributed by atoms with Crippen molar-refractivity contribution >= 4 is 27.7 Å². The lowest BCUT2D eigenvalue weighted by molar-refractivity contribution is 0.0698. The van der Waals surface area contributed by atoms with Gasteiger partial charge in [0.1, 0.15) is 11.6 Å². The lowest BCUT2D eigenvalue weighted by Crippen LogP contribution is -2.44. The molecule has 2 rings (SSSR count). The van der Waals surface area contributed by atoms with Gasteiger partial charge in [-0.3, -0.25) is 4.79 Å². The van der Waals surface area contributed by atoms with Gasteiger partial charge in [0.05, 0.1) is 5.56 Å². The molecule has 1 saturated heterocycles. The number of oxime groups is 1. The molecule has 7 heteroatoms. The van der Waals surface area contributed by atoms with Crippen LogP contribution in [0.3, 0.4) is 0 Å². The van der Waals surface area contributed by atoms with Crippen LogP contribution in [0.25, 0.3) is 0 Å². The molecule has 0 spiro atoms. The molecule has 0 aromatic heterocycles. The third-order valence-electron chi connectivity index (χ3n) is 3.43. The lowest BCUT2D eigenvalue weighted by Gasteiger charge is -2.32. The minimum absolute atomic E-state index is 0.0599. The van der Waals surface area contributed by atoms with Gasteiger partial charge in [0.2, 0.25) is 0 Å². The maximum absolute atomic E-state index is 12.4. The van der Waals surface area contributed by atoms with Crippen LogP contribution < -0.4 is 5.73 Å². The highest BCUT2D eigenvalue weighted by Gasteiger charge is 2.28. The van der Waals surface area contributed by atoms with Gasteiger partial charge in [-0.15, -0.1) is 0 Å². The van der Waals surface area contributed by atoms with Crippen LogP contribution in [-0.2, 0) is 0 Å². The first-order chi connectivity index (χ1) is 9.52. The van der Waals surface area contributed by atoms with Crippen molar-refractivity contribution in [2.24, 2.45) is 16.8 Å². The van der Waals surface area contributed by atoms with E-state index in [1.807, 2.05) is 0 Å². The van der Waals surface area contributed by atoms with Gasteiger partial charge in [-0.2, -0.15) is 0 Å². The Morgan fingerprint density at radius 2 is 2.25 bits per heavy atom. The third-order valence-corrected chi connectivity index (χ3v) is 3.93. The van der Waals surface area contributed by atoms with E-state index in [9.17, 15) is 9.90 Å². The van der Waals surface area contributed by atoms with Gasteiger partial charge in [-0.25, -0.2) is 0 Å². The molecule has 1 amide bonds. The number of rotatable bonds is 2. The molecule has 1 heterocycles. The predicted molar refractivity (Wildman–Crippen MR) is 77.8 cm³/mol. The first-order valence-electron chi connectivity index (χ1n) is 6.28. The van der Waals surface area contributed by atoms with E-state index in [2.05, 4.69) is 21.1 Å². The molecule has 0 saturated carbocycles. The zero-order chi connectivity index (χ0) is 14.7. The molecule has 1 unspecified atom stereocenters. The number of nitrogens with zero attached hydrogens (tertiary/aromatic N) is 2. The molecule has 0 bridgehead atoms. The SMILES string of the molecule is NC(=NO)C1CCCN(C(=O)c2ccc(Br)cc2O)C1. The standard InChI is InChI=1S/C13H16BrN3O3/c14-9-3-4-10(11(18)6-9)13(19)17-5-1-2-8(7-17)12(15)16-20/h3-4,6,8,18,20H,1-2,5,7H2,(H2,15,16). The second kappa shape index (κ2) is 6.13. The van der Waals surface area contributed by atoms with Crippen molar-refractivity contribution < 1.29 is 15.1 Å². The smallest absolute Gasteiger partial charge is 0.257 e. The Labute approximate surface area is 125 Å². The number of amidine groups is 1. The van der Waals surface area contributed by atoms with Crippen molar-refractivity contribution in [2.75, 3.05) is 13.1 Å². The zero-order valence-corrected chi connectivity index (χ0v) is 12.4. The summed E-state index contributed by atoms with van der Waals surface area (Å²) < 4.78 is 0.708. The summed E-state index contributed by atoms with van der Waals surface area (Å²) in [5.41, 5.74) is 5.86. The van der Waals surface area contributed by atoms with E-state index in [1.54, 1.807) is 17.0 Å². The highest BCUT2D eigenvalue weighted by atomic mass is 79.9. The number of hydrogen-bond acceptors (Lipinski definition) is 4. The number of likely N-dealkylation sites (tertiary alicyclic amines) is 1. The van der Waals surface area contributed by atoms with Crippen LogP contribution in [0.1, 0.15) is 23.2 Å². The van der Waals surface area contributed by atoms with Crippen LogP contribution in [0.15, 0.2) is 27.8 Å².